The first-order valence-electron chi connectivity index (χ1n) is 9.13. The normalized spacial score (nSPS) is 11.8. The van der Waals surface area contributed by atoms with Gasteiger partial charge in [0, 0.05) is 28.4 Å². The number of carboxylic acids is 1. The zero-order chi connectivity index (χ0) is 21.5. The Bertz CT molecular complexity index is 1350. The van der Waals surface area contributed by atoms with Gasteiger partial charge in [0.15, 0.2) is 0 Å². The number of aromatic nitrogens is 1. The summed E-state index contributed by atoms with van der Waals surface area (Å²) in [4.78, 5) is 11.8. The number of nitrogens with zero attached hydrogens (tertiary/aromatic N) is 1. The largest absolute Gasteiger partial charge is 0.480 e. The van der Waals surface area contributed by atoms with Crippen LogP contribution in [0.1, 0.15) is 16.8 Å². The summed E-state index contributed by atoms with van der Waals surface area (Å²) in [6.45, 7) is 1.51. The summed E-state index contributed by atoms with van der Waals surface area (Å²) in [5.74, 6) is -1.44. The van der Waals surface area contributed by atoms with Crippen molar-refractivity contribution < 1.29 is 22.7 Å². The van der Waals surface area contributed by atoms with Crippen molar-refractivity contribution in [2.75, 3.05) is 0 Å². The van der Waals surface area contributed by atoms with E-state index in [9.17, 15) is 22.7 Å². The van der Waals surface area contributed by atoms with Gasteiger partial charge in [-0.1, -0.05) is 18.2 Å². The van der Waals surface area contributed by atoms with E-state index in [1.807, 2.05) is 0 Å². The van der Waals surface area contributed by atoms with Gasteiger partial charge in [-0.2, -0.15) is 11.3 Å². The molecule has 2 heterocycles. The molecule has 0 saturated carbocycles. The average molecular weight is 444 g/mol. The highest BCUT2D eigenvalue weighted by Crippen LogP contribution is 2.33. The number of aliphatic carboxylic acids is 1. The molecule has 4 rings (SSSR count). The number of hydrogen-bond acceptors (Lipinski definition) is 4. The highest BCUT2D eigenvalue weighted by atomic mass is 32.2. The average Bonchev–Trinajstić information content (AvgIpc) is 3.28. The van der Waals surface area contributed by atoms with E-state index in [2.05, 4.69) is 0 Å². The lowest BCUT2D eigenvalue weighted by molar-refractivity contribution is -0.137. The highest BCUT2D eigenvalue weighted by molar-refractivity contribution is 7.91. The fourth-order valence-electron chi connectivity index (χ4n) is 3.68. The van der Waals surface area contributed by atoms with E-state index in [0.29, 0.717) is 27.7 Å². The van der Waals surface area contributed by atoms with Gasteiger partial charge in [-0.05, 0) is 53.8 Å². The molecule has 0 radical (unpaired) electrons. The lowest BCUT2D eigenvalue weighted by Crippen LogP contribution is -2.10. The zero-order valence-corrected chi connectivity index (χ0v) is 17.6. The SMILES string of the molecule is Cc1c(Cc2cscc2S(=O)(=O)c2ccccc2)c2cc(F)ccc2n1CC(=O)O. The van der Waals surface area contributed by atoms with Gasteiger partial charge >= 0.3 is 5.97 Å². The van der Waals surface area contributed by atoms with Crippen LogP contribution < -0.4 is 0 Å². The van der Waals surface area contributed by atoms with Gasteiger partial charge in [0.05, 0.1) is 9.79 Å². The van der Waals surface area contributed by atoms with E-state index >= 15 is 0 Å². The number of sulfone groups is 1. The third kappa shape index (κ3) is 3.53. The van der Waals surface area contributed by atoms with Gasteiger partial charge in [-0.15, -0.1) is 0 Å². The molecule has 2 aromatic heterocycles. The molecule has 0 unspecified atom stereocenters. The number of rotatable bonds is 6. The van der Waals surface area contributed by atoms with Crippen molar-refractivity contribution in [2.24, 2.45) is 0 Å². The minimum Gasteiger partial charge on any atom is -0.480 e. The van der Waals surface area contributed by atoms with Crippen LogP contribution >= 0.6 is 11.3 Å². The predicted molar refractivity (Wildman–Crippen MR) is 113 cm³/mol. The molecular formula is C22H18FNO4S2. The van der Waals surface area contributed by atoms with E-state index in [1.165, 1.54) is 23.5 Å². The number of thiophene rings is 1. The number of halogens is 1. The molecule has 30 heavy (non-hydrogen) atoms. The molecule has 0 saturated heterocycles. The van der Waals surface area contributed by atoms with Crippen molar-refractivity contribution in [3.8, 4) is 0 Å². The second-order valence-electron chi connectivity index (χ2n) is 6.96. The second-order valence-corrected chi connectivity index (χ2v) is 9.62. The Morgan fingerprint density at radius 1 is 1.13 bits per heavy atom. The molecule has 4 aromatic rings. The van der Waals surface area contributed by atoms with Crippen molar-refractivity contribution >= 4 is 38.0 Å². The van der Waals surface area contributed by atoms with Crippen LogP contribution in [0.25, 0.3) is 10.9 Å². The van der Waals surface area contributed by atoms with Crippen LogP contribution in [0, 0.1) is 12.7 Å². The van der Waals surface area contributed by atoms with E-state index < -0.39 is 21.6 Å². The van der Waals surface area contributed by atoms with Gasteiger partial charge in [-0.25, -0.2) is 12.8 Å². The van der Waals surface area contributed by atoms with Crippen molar-refractivity contribution in [3.63, 3.8) is 0 Å². The molecule has 2 aromatic carbocycles. The summed E-state index contributed by atoms with van der Waals surface area (Å²) in [7, 11) is -3.70. The maximum absolute atomic E-state index is 14.0. The molecule has 0 aliphatic rings. The van der Waals surface area contributed by atoms with Crippen LogP contribution in [0.2, 0.25) is 0 Å². The molecule has 1 N–H and O–H groups in total. The summed E-state index contributed by atoms with van der Waals surface area (Å²) in [5, 5.41) is 13.2. The second kappa shape index (κ2) is 7.70. The number of fused-ring (bicyclic) bond motifs is 1. The standard InChI is InChI=1S/C22H18FNO4S2/c1-14-18(19-10-16(23)7-8-20(19)24(14)11-22(25)26)9-15-12-29-13-21(15)30(27,28)17-5-3-2-4-6-17/h2-8,10,12-13H,9,11H2,1H3,(H,25,26). The van der Waals surface area contributed by atoms with Gasteiger partial charge in [-0.3, -0.25) is 4.79 Å². The minimum atomic E-state index is -3.70. The van der Waals surface area contributed by atoms with Crippen molar-refractivity contribution in [1.29, 1.82) is 0 Å². The maximum Gasteiger partial charge on any atom is 0.323 e. The van der Waals surface area contributed by atoms with Crippen LogP contribution in [0.15, 0.2) is 69.1 Å². The van der Waals surface area contributed by atoms with Crippen LogP contribution in [-0.2, 0) is 27.6 Å². The van der Waals surface area contributed by atoms with Crippen molar-refractivity contribution in [2.45, 2.75) is 29.7 Å². The Balaban J connectivity index is 1.84. The molecule has 154 valence electrons. The molecule has 0 aliphatic carbocycles. The first-order valence-corrected chi connectivity index (χ1v) is 11.6. The third-order valence-electron chi connectivity index (χ3n) is 5.12. The first kappa shape index (κ1) is 20.3. The number of carboxylic acid groups (broad SMARTS) is 1. The lowest BCUT2D eigenvalue weighted by atomic mass is 10.0. The van der Waals surface area contributed by atoms with Gasteiger partial charge in [0.25, 0.3) is 0 Å². The van der Waals surface area contributed by atoms with E-state index in [-0.39, 0.29) is 22.8 Å². The molecule has 5 nitrogen and oxygen atoms in total. The molecule has 0 bridgehead atoms. The number of benzene rings is 2. The van der Waals surface area contributed by atoms with E-state index in [1.54, 1.807) is 58.6 Å². The van der Waals surface area contributed by atoms with Crippen LogP contribution in [0.5, 0.6) is 0 Å². The topological polar surface area (TPSA) is 76.4 Å². The predicted octanol–water partition coefficient (Wildman–Crippen LogP) is 4.66. The van der Waals surface area contributed by atoms with Gasteiger partial charge in [0.1, 0.15) is 12.4 Å². The van der Waals surface area contributed by atoms with Crippen LogP contribution in [-0.4, -0.2) is 24.1 Å². The van der Waals surface area contributed by atoms with Crippen molar-refractivity contribution in [1.82, 2.24) is 4.57 Å². The molecule has 0 fully saturated rings. The third-order valence-corrected chi connectivity index (χ3v) is 7.92. The summed E-state index contributed by atoms with van der Waals surface area (Å²) in [6, 6.07) is 12.4. The summed E-state index contributed by atoms with van der Waals surface area (Å²) in [6.07, 6.45) is 0.253. The molecule has 0 spiro atoms. The Kier molecular flexibility index (Phi) is 5.21. The molecule has 0 aliphatic heterocycles. The van der Waals surface area contributed by atoms with E-state index in [4.69, 9.17) is 0 Å². The zero-order valence-electron chi connectivity index (χ0n) is 16.0. The summed E-state index contributed by atoms with van der Waals surface area (Å²) >= 11 is 1.28. The fraction of sp³-hybridized carbons (Fsp3) is 0.136. The maximum atomic E-state index is 14.0. The molecule has 0 atom stereocenters. The van der Waals surface area contributed by atoms with Crippen molar-refractivity contribution in [3.05, 3.63) is 81.9 Å². The minimum absolute atomic E-state index is 0.209. The van der Waals surface area contributed by atoms with Gasteiger partial charge < -0.3 is 9.67 Å². The first-order chi connectivity index (χ1) is 14.3. The Morgan fingerprint density at radius 3 is 2.57 bits per heavy atom. The Morgan fingerprint density at radius 2 is 1.87 bits per heavy atom. The highest BCUT2D eigenvalue weighted by Gasteiger charge is 2.24. The summed E-state index contributed by atoms with van der Waals surface area (Å²) in [5.41, 5.74) is 2.60. The Hall–Kier alpha value is -2.97. The van der Waals surface area contributed by atoms with E-state index in [0.717, 1.165) is 0 Å². The van der Waals surface area contributed by atoms with Crippen LogP contribution in [0.3, 0.4) is 0 Å². The smallest absolute Gasteiger partial charge is 0.323 e. The lowest BCUT2D eigenvalue weighted by Gasteiger charge is -2.08. The fourth-order valence-corrected chi connectivity index (χ4v) is 6.39. The monoisotopic (exact) mass is 443 g/mol. The van der Waals surface area contributed by atoms with Gasteiger partial charge in [0.2, 0.25) is 9.84 Å². The molecular weight excluding hydrogens is 425 g/mol. The Labute approximate surface area is 176 Å². The number of hydrogen-bond donors (Lipinski definition) is 1. The van der Waals surface area contributed by atoms with Crippen LogP contribution in [0.4, 0.5) is 4.39 Å². The summed E-state index contributed by atoms with van der Waals surface area (Å²) < 4.78 is 41.8. The quantitative estimate of drug-likeness (QED) is 0.470. The number of carbonyl (C=O) groups is 1. The molecule has 8 heteroatoms. The molecule has 0 amide bonds.